The number of carbonyl (C=O) groups is 7. The van der Waals surface area contributed by atoms with Gasteiger partial charge in [-0.25, -0.2) is 9.80 Å². The molecule has 0 aromatic heterocycles. The molecule has 2 aliphatic rings. The molecule has 5 atom stereocenters. The van der Waals surface area contributed by atoms with Crippen LogP contribution in [0.2, 0.25) is 0 Å². The monoisotopic (exact) mass is 883 g/mol. The quantitative estimate of drug-likeness (QED) is 0.0691. The van der Waals surface area contributed by atoms with E-state index in [1.54, 1.807) is 62.4 Å². The lowest BCUT2D eigenvalue weighted by molar-refractivity contribution is -0.141. The number of carbonyl (C=O) groups excluding carboxylic acids is 7. The summed E-state index contributed by atoms with van der Waals surface area (Å²) in [5.41, 5.74) is 21.5. The Labute approximate surface area is 371 Å². The zero-order valence-electron chi connectivity index (χ0n) is 36.6. The fourth-order valence-electron chi connectivity index (χ4n) is 7.25. The molecule has 20 nitrogen and oxygen atoms in total. The summed E-state index contributed by atoms with van der Waals surface area (Å²) < 4.78 is 12.2. The lowest BCUT2D eigenvalue weighted by atomic mass is 9.93. The molecular formula is C44H57N11O9. The Bertz CT molecular complexity index is 2290. The summed E-state index contributed by atoms with van der Waals surface area (Å²) in [6.45, 7) is 7.09. The number of hydrogen-bond acceptors (Lipinski definition) is 13. The van der Waals surface area contributed by atoms with Gasteiger partial charge in [0.15, 0.2) is 0 Å². The summed E-state index contributed by atoms with van der Waals surface area (Å²) in [4.78, 5) is 95.3. The predicted octanol–water partition coefficient (Wildman–Crippen LogP) is -0.120. The summed E-state index contributed by atoms with van der Waals surface area (Å²) >= 11 is 0. The molecule has 1 fully saturated rings. The second kappa shape index (κ2) is 21.9. The van der Waals surface area contributed by atoms with Gasteiger partial charge in [-0.15, -0.1) is 0 Å². The fourth-order valence-corrected chi connectivity index (χ4v) is 7.25. The third-order valence-corrected chi connectivity index (χ3v) is 10.5. The number of hydrogen-bond donors (Lipinski definition) is 8. The zero-order valence-corrected chi connectivity index (χ0v) is 36.6. The molecule has 3 aromatic carbocycles. The predicted molar refractivity (Wildman–Crippen MR) is 237 cm³/mol. The molecule has 342 valence electrons. The third-order valence-electron chi connectivity index (χ3n) is 10.5. The Balaban J connectivity index is 1.58. The van der Waals surface area contributed by atoms with Crippen molar-refractivity contribution in [3.63, 3.8) is 0 Å². The Morgan fingerprint density at radius 1 is 0.891 bits per heavy atom. The second-order valence-corrected chi connectivity index (χ2v) is 15.6. The number of nitrogens with zero attached hydrogens (tertiary/aromatic N) is 3. The van der Waals surface area contributed by atoms with Crippen LogP contribution in [0, 0.1) is 13.8 Å². The topological polar surface area (TPSA) is 295 Å². The standard InChI is InChI=1S/C44H57N11O9/c1-24-6-9-30(25(2)18-24)40(58)51-33(12-13-45)43(61)54(5)38-29-8-11-36(64-17-15-47)32(21-29)31-19-28(7-10-35(31)63-16-14-46)20-34(52-39(57)27(4)50-42(38)60)41(59)49-26(3)22-48-55-23-37(56)53-44(55)62/h6-11,18-19,21-22,26-27,33-34,38H,12-17,20,23,45-47H2,1-5H3,(H,49,59)(H,50,60)(H,51,58)(H,52,57)(H,53,56,62)/b48-22+/t26-,27-,33-,34-,38-/m0/s1. The smallest absolute Gasteiger partial charge is 0.344 e. The fraction of sp³-hybridized carbons (Fsp3) is 0.409. The number of benzene rings is 3. The van der Waals surface area contributed by atoms with Gasteiger partial charge in [-0.05, 0) is 87.7 Å². The van der Waals surface area contributed by atoms with Gasteiger partial charge in [0.05, 0.1) is 6.04 Å². The summed E-state index contributed by atoms with van der Waals surface area (Å²) in [5.74, 6) is -3.01. The van der Waals surface area contributed by atoms with Gasteiger partial charge in [0, 0.05) is 49.5 Å². The molecule has 11 N–H and O–H groups in total. The van der Waals surface area contributed by atoms with Gasteiger partial charge in [-0.1, -0.05) is 29.8 Å². The van der Waals surface area contributed by atoms with E-state index in [1.165, 1.54) is 25.1 Å². The maximum absolute atomic E-state index is 14.6. The highest BCUT2D eigenvalue weighted by atomic mass is 16.5. The van der Waals surface area contributed by atoms with Crippen LogP contribution in [-0.4, -0.2) is 128 Å². The van der Waals surface area contributed by atoms with Crippen molar-refractivity contribution in [3.05, 3.63) is 82.4 Å². The minimum atomic E-state index is -1.39. The first kappa shape index (κ1) is 48.1. The van der Waals surface area contributed by atoms with Crippen molar-refractivity contribution in [2.45, 2.75) is 70.7 Å². The van der Waals surface area contributed by atoms with Crippen LogP contribution in [0.15, 0.2) is 59.7 Å². The number of nitrogens with one attached hydrogen (secondary N) is 5. The molecular weight excluding hydrogens is 827 g/mol. The van der Waals surface area contributed by atoms with Gasteiger partial charge >= 0.3 is 6.03 Å². The number of fused-ring (bicyclic) bond motifs is 5. The first-order valence-corrected chi connectivity index (χ1v) is 20.9. The largest absolute Gasteiger partial charge is 0.492 e. The molecule has 2 heterocycles. The molecule has 0 radical (unpaired) electrons. The van der Waals surface area contributed by atoms with Crippen LogP contribution in [0.5, 0.6) is 11.5 Å². The first-order chi connectivity index (χ1) is 30.5. The van der Waals surface area contributed by atoms with Crippen LogP contribution in [0.1, 0.15) is 58.9 Å². The van der Waals surface area contributed by atoms with Crippen LogP contribution in [0.4, 0.5) is 4.79 Å². The number of imide groups is 1. The van der Waals surface area contributed by atoms with E-state index in [9.17, 15) is 33.6 Å². The van der Waals surface area contributed by atoms with E-state index in [0.717, 1.165) is 10.6 Å². The van der Waals surface area contributed by atoms with Crippen molar-refractivity contribution >= 4 is 47.7 Å². The van der Waals surface area contributed by atoms with E-state index in [-0.39, 0.29) is 52.2 Å². The van der Waals surface area contributed by atoms with Crippen LogP contribution in [0.25, 0.3) is 11.1 Å². The maximum atomic E-state index is 14.6. The van der Waals surface area contributed by atoms with Crippen LogP contribution < -0.4 is 53.3 Å². The minimum absolute atomic E-state index is 0.0294. The van der Waals surface area contributed by atoms with E-state index in [1.807, 2.05) is 13.0 Å². The lowest BCUT2D eigenvalue weighted by Crippen LogP contribution is -2.56. The molecule has 0 aliphatic carbocycles. The Kier molecular flexibility index (Phi) is 16.5. The van der Waals surface area contributed by atoms with E-state index < -0.39 is 71.7 Å². The Hall–Kier alpha value is -6.90. The summed E-state index contributed by atoms with van der Waals surface area (Å²) in [6.07, 6.45) is 1.27. The molecule has 64 heavy (non-hydrogen) atoms. The summed E-state index contributed by atoms with van der Waals surface area (Å²) in [7, 11) is 1.42. The number of ether oxygens (including phenoxy) is 2. The van der Waals surface area contributed by atoms with E-state index >= 15 is 0 Å². The van der Waals surface area contributed by atoms with Gasteiger partial charge in [0.1, 0.15) is 55.4 Å². The average molecular weight is 884 g/mol. The third kappa shape index (κ3) is 12.0. The molecule has 5 rings (SSSR count). The van der Waals surface area contributed by atoms with Crippen molar-refractivity contribution in [1.29, 1.82) is 0 Å². The van der Waals surface area contributed by atoms with Crippen molar-refractivity contribution < 1.29 is 43.0 Å². The van der Waals surface area contributed by atoms with Crippen molar-refractivity contribution in [1.82, 2.24) is 36.5 Å². The van der Waals surface area contributed by atoms with Crippen LogP contribution >= 0.6 is 0 Å². The highest BCUT2D eigenvalue weighted by molar-refractivity contribution is 6.02. The van der Waals surface area contributed by atoms with Crippen molar-refractivity contribution in [3.8, 4) is 22.6 Å². The first-order valence-electron chi connectivity index (χ1n) is 20.9. The van der Waals surface area contributed by atoms with Crippen molar-refractivity contribution in [2.75, 3.05) is 46.4 Å². The highest BCUT2D eigenvalue weighted by Crippen LogP contribution is 2.40. The SMILES string of the molecule is Cc1ccc(C(=O)N[C@@H](CCN)C(=O)N(C)[C@@H]2C(=O)N[C@@H](C)C(=O)N[C@H](C(=O)N[C@@H](C)/C=N/N3CC(=O)NC3=O)Cc3ccc(OCCN)c(c3)-c3cc2ccc3OCCN)c(C)c1. The summed E-state index contributed by atoms with van der Waals surface area (Å²) in [5, 5.41) is 18.1. The molecule has 8 amide bonds. The number of likely N-dealkylation sites (N-methyl/N-ethyl adjacent to an activating group) is 1. The van der Waals surface area contributed by atoms with Crippen LogP contribution in [0.3, 0.4) is 0 Å². The molecule has 0 saturated carbocycles. The number of urea groups is 1. The Morgan fingerprint density at radius 3 is 2.19 bits per heavy atom. The molecule has 2 aliphatic heterocycles. The number of aryl methyl sites for hydroxylation is 2. The number of nitrogens with two attached hydrogens (primary N) is 3. The molecule has 20 heteroatoms. The van der Waals surface area contributed by atoms with E-state index in [4.69, 9.17) is 26.7 Å². The average Bonchev–Trinajstić information content (AvgIpc) is 3.59. The number of hydrazone groups is 1. The van der Waals surface area contributed by atoms with Gasteiger partial charge in [-0.2, -0.15) is 5.10 Å². The second-order valence-electron chi connectivity index (χ2n) is 15.6. The molecule has 0 spiro atoms. The summed E-state index contributed by atoms with van der Waals surface area (Å²) in [6, 6.07) is 8.97. The minimum Gasteiger partial charge on any atom is -0.492 e. The maximum Gasteiger partial charge on any atom is 0.344 e. The lowest BCUT2D eigenvalue weighted by Gasteiger charge is -2.32. The number of rotatable bonds is 16. The Morgan fingerprint density at radius 2 is 1.56 bits per heavy atom. The van der Waals surface area contributed by atoms with E-state index in [0.29, 0.717) is 44.9 Å². The number of amides is 8. The van der Waals surface area contributed by atoms with E-state index in [2.05, 4.69) is 31.7 Å². The zero-order chi connectivity index (χ0) is 46.7. The van der Waals surface area contributed by atoms with Gasteiger partial charge in [0.2, 0.25) is 29.5 Å². The molecule has 4 bridgehead atoms. The molecule has 3 aromatic rings. The van der Waals surface area contributed by atoms with Crippen LogP contribution in [-0.2, 0) is 30.4 Å². The van der Waals surface area contributed by atoms with Gasteiger partial charge < -0.3 is 52.8 Å². The molecule has 1 saturated heterocycles. The molecule has 0 unspecified atom stereocenters. The van der Waals surface area contributed by atoms with Gasteiger partial charge in [-0.3, -0.25) is 34.1 Å². The van der Waals surface area contributed by atoms with Crippen molar-refractivity contribution in [2.24, 2.45) is 22.3 Å². The normalized spacial score (nSPS) is 18.6. The highest BCUT2D eigenvalue weighted by Gasteiger charge is 2.36. The van der Waals surface area contributed by atoms with Gasteiger partial charge in [0.25, 0.3) is 5.91 Å².